The Hall–Kier alpha value is -2.96. The van der Waals surface area contributed by atoms with Crippen molar-refractivity contribution in [1.82, 2.24) is 24.1 Å². The van der Waals surface area contributed by atoms with Crippen molar-refractivity contribution in [3.05, 3.63) is 53.6 Å². The van der Waals surface area contributed by atoms with E-state index in [9.17, 15) is 4.39 Å². The second-order valence-corrected chi connectivity index (χ2v) is 5.82. The largest absolute Gasteiger partial charge is 0.397 e. The van der Waals surface area contributed by atoms with Crippen LogP contribution in [0.4, 0.5) is 10.1 Å². The molecule has 4 rings (SSSR count). The summed E-state index contributed by atoms with van der Waals surface area (Å²) >= 11 is 0. The minimum atomic E-state index is -0.386. The quantitative estimate of drug-likeness (QED) is 0.517. The van der Waals surface area contributed by atoms with Crippen molar-refractivity contribution in [1.29, 1.82) is 0 Å². The van der Waals surface area contributed by atoms with Crippen LogP contribution in [0.15, 0.2) is 30.7 Å². The van der Waals surface area contributed by atoms with Crippen LogP contribution in [0.3, 0.4) is 0 Å². The third-order valence-corrected chi connectivity index (χ3v) is 3.56. The third-order valence-electron chi connectivity index (χ3n) is 3.56. The Morgan fingerprint density at radius 1 is 0.962 bits per heavy atom. The summed E-state index contributed by atoms with van der Waals surface area (Å²) in [6, 6.07) is 3.32. The molecule has 0 aliphatic rings. The van der Waals surface area contributed by atoms with Crippen molar-refractivity contribution in [3.8, 4) is 0 Å². The predicted molar refractivity (Wildman–Crippen MR) is 104 cm³/mol. The summed E-state index contributed by atoms with van der Waals surface area (Å²) in [7, 11) is 1.93. The molecule has 4 aromatic heterocycles. The van der Waals surface area contributed by atoms with Crippen LogP contribution in [0.25, 0.3) is 16.6 Å². The number of aryl methyl sites for hydroxylation is 4. The summed E-state index contributed by atoms with van der Waals surface area (Å²) in [5, 5.41) is 5.48. The number of hydrogen-bond donors (Lipinski definition) is 1. The molecule has 0 aliphatic carbocycles. The lowest BCUT2D eigenvalue weighted by Gasteiger charge is -1.96. The molecule has 0 bridgehead atoms. The first-order chi connectivity index (χ1) is 12.3. The van der Waals surface area contributed by atoms with Crippen LogP contribution in [-0.2, 0) is 7.05 Å². The van der Waals surface area contributed by atoms with Gasteiger partial charge in [-0.25, -0.2) is 9.37 Å². The van der Waals surface area contributed by atoms with Crippen LogP contribution >= 0.6 is 0 Å². The van der Waals surface area contributed by atoms with Crippen LogP contribution in [0, 0.1) is 26.6 Å². The van der Waals surface area contributed by atoms with Crippen LogP contribution in [0.2, 0.25) is 0 Å². The number of rotatable bonds is 0. The lowest BCUT2D eigenvalue weighted by Crippen LogP contribution is -1.92. The molecule has 138 valence electrons. The minimum Gasteiger partial charge on any atom is -0.397 e. The Bertz CT molecular complexity index is 948. The maximum absolute atomic E-state index is 13.1. The summed E-state index contributed by atoms with van der Waals surface area (Å²) < 4.78 is 16.5. The number of nitrogens with two attached hydrogens (primary N) is 1. The van der Waals surface area contributed by atoms with E-state index in [0.29, 0.717) is 11.3 Å². The molecule has 4 heterocycles. The highest BCUT2D eigenvalue weighted by molar-refractivity contribution is 5.80. The summed E-state index contributed by atoms with van der Waals surface area (Å²) in [6.45, 7) is 9.80. The highest BCUT2D eigenvalue weighted by Gasteiger charge is 2.04. The minimum absolute atomic E-state index is 0.321. The molecule has 0 spiro atoms. The average molecular weight is 356 g/mol. The second-order valence-electron chi connectivity index (χ2n) is 5.82. The zero-order valence-electron chi connectivity index (χ0n) is 16.1. The monoisotopic (exact) mass is 356 g/mol. The number of hydrogen-bond acceptors (Lipinski definition) is 4. The van der Waals surface area contributed by atoms with Gasteiger partial charge in [0.05, 0.1) is 17.1 Å². The number of nitrogens with zero attached hydrogens (tertiary/aromatic N) is 5. The van der Waals surface area contributed by atoms with E-state index in [1.165, 1.54) is 11.5 Å². The van der Waals surface area contributed by atoms with Crippen LogP contribution in [-0.4, -0.2) is 24.1 Å². The highest BCUT2D eigenvalue weighted by atomic mass is 19.1. The SMILES string of the molecule is CC.Cc1cc2cn(C)nc2c(C)n1.Cc1cn2cc(N)cc(F)c2n1. The number of nitrogen functional groups attached to an aromatic ring is 1. The van der Waals surface area contributed by atoms with Gasteiger partial charge in [0, 0.05) is 42.8 Å². The Labute approximate surface area is 152 Å². The molecule has 6 nitrogen and oxygen atoms in total. The van der Waals surface area contributed by atoms with Crippen LogP contribution in [0.1, 0.15) is 30.9 Å². The molecule has 0 fully saturated rings. The molecule has 4 aromatic rings. The molecule has 0 saturated carbocycles. The van der Waals surface area contributed by atoms with Gasteiger partial charge in [0.15, 0.2) is 11.5 Å². The summed E-state index contributed by atoms with van der Waals surface area (Å²) in [6.07, 6.45) is 5.38. The van der Waals surface area contributed by atoms with Gasteiger partial charge >= 0.3 is 0 Å². The lowest BCUT2D eigenvalue weighted by molar-refractivity contribution is 0.630. The molecule has 0 atom stereocenters. The Morgan fingerprint density at radius 3 is 2.35 bits per heavy atom. The van der Waals surface area contributed by atoms with Gasteiger partial charge in [-0.05, 0) is 26.8 Å². The van der Waals surface area contributed by atoms with Crippen LogP contribution < -0.4 is 5.73 Å². The van der Waals surface area contributed by atoms with Gasteiger partial charge in [-0.15, -0.1) is 0 Å². The predicted octanol–water partition coefficient (Wildman–Crippen LogP) is 3.98. The van der Waals surface area contributed by atoms with E-state index in [0.717, 1.165) is 22.6 Å². The van der Waals surface area contributed by atoms with E-state index in [4.69, 9.17) is 5.73 Å². The van der Waals surface area contributed by atoms with Crippen molar-refractivity contribution in [2.75, 3.05) is 5.73 Å². The van der Waals surface area contributed by atoms with E-state index < -0.39 is 0 Å². The Morgan fingerprint density at radius 2 is 1.65 bits per heavy atom. The van der Waals surface area contributed by atoms with Gasteiger partial charge in [0.1, 0.15) is 5.52 Å². The summed E-state index contributed by atoms with van der Waals surface area (Å²) in [4.78, 5) is 8.33. The fourth-order valence-electron chi connectivity index (χ4n) is 2.67. The van der Waals surface area contributed by atoms with Gasteiger partial charge in [-0.3, -0.25) is 9.67 Å². The lowest BCUT2D eigenvalue weighted by atomic mass is 10.2. The molecule has 0 aromatic carbocycles. The number of fused-ring (bicyclic) bond motifs is 2. The Kier molecular flexibility index (Phi) is 5.92. The number of pyridine rings is 2. The molecular formula is C19H25FN6. The van der Waals surface area contributed by atoms with Crippen molar-refractivity contribution < 1.29 is 4.39 Å². The van der Waals surface area contributed by atoms with E-state index in [1.54, 1.807) is 16.8 Å². The fraction of sp³-hybridized carbons (Fsp3) is 0.316. The van der Waals surface area contributed by atoms with Crippen molar-refractivity contribution >= 4 is 22.2 Å². The normalized spacial score (nSPS) is 10.3. The fourth-order valence-corrected chi connectivity index (χ4v) is 2.67. The van der Waals surface area contributed by atoms with E-state index >= 15 is 0 Å². The van der Waals surface area contributed by atoms with Crippen molar-refractivity contribution in [2.45, 2.75) is 34.6 Å². The second kappa shape index (κ2) is 7.95. The summed E-state index contributed by atoms with van der Waals surface area (Å²) in [5.41, 5.74) is 10.0. The smallest absolute Gasteiger partial charge is 0.173 e. The third kappa shape index (κ3) is 4.17. The first-order valence-electron chi connectivity index (χ1n) is 8.51. The average Bonchev–Trinajstić information content (AvgIpc) is 3.12. The number of anilines is 1. The van der Waals surface area contributed by atoms with Gasteiger partial charge in [0.25, 0.3) is 0 Å². The van der Waals surface area contributed by atoms with Gasteiger partial charge in [-0.2, -0.15) is 5.10 Å². The van der Waals surface area contributed by atoms with Gasteiger partial charge in [0.2, 0.25) is 0 Å². The van der Waals surface area contributed by atoms with E-state index in [2.05, 4.69) is 21.1 Å². The van der Waals surface area contributed by atoms with Gasteiger partial charge in [-0.1, -0.05) is 13.8 Å². The molecular weight excluding hydrogens is 331 g/mol. The number of imidazole rings is 1. The molecule has 0 unspecified atom stereocenters. The molecule has 2 N–H and O–H groups in total. The van der Waals surface area contributed by atoms with Gasteiger partial charge < -0.3 is 10.1 Å². The maximum Gasteiger partial charge on any atom is 0.173 e. The maximum atomic E-state index is 13.1. The molecule has 0 amide bonds. The molecule has 0 aliphatic heterocycles. The number of aromatic nitrogens is 5. The zero-order chi connectivity index (χ0) is 19.4. The standard InChI is InChI=1S/C9H11N3.C8H8FN3.C2H6/c1-6-4-8-5-12(3)11-9(8)7(2)10-6;1-5-3-12-4-6(10)2-7(9)8(12)11-5;1-2/h4-5H,1-3H3;2-4H,10H2,1H3;1-2H3. The first kappa shape index (κ1) is 19.4. The van der Waals surface area contributed by atoms with E-state index in [1.807, 2.05) is 52.5 Å². The number of halogens is 1. The molecule has 26 heavy (non-hydrogen) atoms. The van der Waals surface area contributed by atoms with Crippen LogP contribution in [0.5, 0.6) is 0 Å². The van der Waals surface area contributed by atoms with Crippen molar-refractivity contribution in [3.63, 3.8) is 0 Å². The van der Waals surface area contributed by atoms with Crippen molar-refractivity contribution in [2.24, 2.45) is 7.05 Å². The summed E-state index contributed by atoms with van der Waals surface area (Å²) in [5.74, 6) is -0.386. The first-order valence-corrected chi connectivity index (χ1v) is 8.51. The highest BCUT2D eigenvalue weighted by Crippen LogP contribution is 2.15. The van der Waals surface area contributed by atoms with E-state index in [-0.39, 0.29) is 5.82 Å². The molecule has 7 heteroatoms. The molecule has 0 radical (unpaired) electrons. The topological polar surface area (TPSA) is 74.0 Å². The molecule has 0 saturated heterocycles. The zero-order valence-corrected chi connectivity index (χ0v) is 16.1. The Balaban J connectivity index is 0.000000171.